The molecule has 0 N–H and O–H groups in total. The molecule has 0 aromatic rings. The van der Waals surface area contributed by atoms with Gasteiger partial charge in [0.05, 0.1) is 0 Å². The van der Waals surface area contributed by atoms with Gasteiger partial charge in [0.25, 0.3) is 4.58 Å². The molecule has 1 fully saturated rings. The van der Waals surface area contributed by atoms with Crippen molar-refractivity contribution in [3.8, 4) is 0 Å². The average molecular weight is 253 g/mol. The number of rotatable bonds is 2. The quantitative estimate of drug-likeness (QED) is 0.425. The summed E-state index contributed by atoms with van der Waals surface area (Å²) >= 11 is 12.1. The van der Waals surface area contributed by atoms with Gasteiger partial charge in [-0.05, 0) is 27.7 Å². The first-order valence-corrected chi connectivity index (χ1v) is 5.51. The molecular weight excluding hydrogens is 239 g/mol. The van der Waals surface area contributed by atoms with Crippen molar-refractivity contribution < 1.29 is 9.59 Å². The standard InChI is InChI=1S/C9H14Cl2N2O2/c1-5(2)12-7(14)8(15)13(6(3)4)9(12,10)11/h5-6H,1-4H3. The Morgan fingerprint density at radius 3 is 1.33 bits per heavy atom. The summed E-state index contributed by atoms with van der Waals surface area (Å²) in [4.78, 5) is 25.6. The smallest absolute Gasteiger partial charge is 0.283 e. The van der Waals surface area contributed by atoms with Gasteiger partial charge in [-0.3, -0.25) is 19.4 Å². The predicted octanol–water partition coefficient (Wildman–Crippen LogP) is 1.56. The Kier molecular flexibility index (Phi) is 3.22. The molecule has 1 saturated heterocycles. The van der Waals surface area contributed by atoms with Gasteiger partial charge in [0.15, 0.2) is 0 Å². The SMILES string of the molecule is CC(C)N1C(=O)C(=O)N(C(C)C)C1(Cl)Cl. The highest BCUT2D eigenvalue weighted by Gasteiger charge is 2.56. The number of alkyl halides is 2. The molecule has 1 heterocycles. The minimum Gasteiger partial charge on any atom is -0.283 e. The first kappa shape index (κ1) is 12.6. The minimum absolute atomic E-state index is 0.222. The lowest BCUT2D eigenvalue weighted by Gasteiger charge is -2.36. The molecule has 0 spiro atoms. The maximum atomic E-state index is 11.6. The van der Waals surface area contributed by atoms with Crippen molar-refractivity contribution in [1.29, 1.82) is 0 Å². The Hall–Kier alpha value is -0.480. The van der Waals surface area contributed by atoms with Crippen LogP contribution in [0.25, 0.3) is 0 Å². The lowest BCUT2D eigenvalue weighted by Crippen LogP contribution is -2.50. The van der Waals surface area contributed by atoms with Crippen molar-refractivity contribution in [2.45, 2.75) is 44.4 Å². The highest BCUT2D eigenvalue weighted by molar-refractivity contribution is 6.55. The Morgan fingerprint density at radius 2 is 1.20 bits per heavy atom. The second kappa shape index (κ2) is 3.83. The van der Waals surface area contributed by atoms with Crippen LogP contribution in [0.15, 0.2) is 0 Å². The molecule has 1 rings (SSSR count). The summed E-state index contributed by atoms with van der Waals surface area (Å²) in [5.41, 5.74) is 0. The zero-order valence-electron chi connectivity index (χ0n) is 9.12. The van der Waals surface area contributed by atoms with E-state index in [1.165, 1.54) is 9.80 Å². The Morgan fingerprint density at radius 1 is 0.933 bits per heavy atom. The minimum atomic E-state index is -1.57. The zero-order valence-corrected chi connectivity index (χ0v) is 10.6. The van der Waals surface area contributed by atoms with Crippen LogP contribution in [0.4, 0.5) is 0 Å². The average Bonchev–Trinajstić information content (AvgIpc) is 2.17. The van der Waals surface area contributed by atoms with Crippen molar-refractivity contribution in [2.75, 3.05) is 0 Å². The molecule has 2 amide bonds. The molecule has 0 unspecified atom stereocenters. The summed E-state index contributed by atoms with van der Waals surface area (Å²) in [5.74, 6) is -1.30. The van der Waals surface area contributed by atoms with Crippen LogP contribution < -0.4 is 0 Å². The van der Waals surface area contributed by atoms with Crippen LogP contribution in [-0.4, -0.2) is 38.3 Å². The molecule has 0 atom stereocenters. The van der Waals surface area contributed by atoms with Crippen LogP contribution in [0.2, 0.25) is 0 Å². The van der Waals surface area contributed by atoms with Gasteiger partial charge < -0.3 is 0 Å². The van der Waals surface area contributed by atoms with Gasteiger partial charge in [-0.15, -0.1) is 0 Å². The molecule has 4 nitrogen and oxygen atoms in total. The lowest BCUT2D eigenvalue weighted by molar-refractivity contribution is -0.144. The molecule has 0 aliphatic carbocycles. The van der Waals surface area contributed by atoms with Gasteiger partial charge in [0.2, 0.25) is 0 Å². The molecule has 0 bridgehead atoms. The molecule has 0 saturated carbocycles. The number of hydrogen-bond donors (Lipinski definition) is 0. The first-order valence-electron chi connectivity index (χ1n) is 4.76. The third-order valence-corrected chi connectivity index (χ3v) is 2.96. The summed E-state index contributed by atoms with van der Waals surface area (Å²) < 4.78 is -1.57. The van der Waals surface area contributed by atoms with E-state index >= 15 is 0 Å². The van der Waals surface area contributed by atoms with E-state index in [0.717, 1.165) is 0 Å². The van der Waals surface area contributed by atoms with Crippen molar-refractivity contribution in [3.05, 3.63) is 0 Å². The van der Waals surface area contributed by atoms with E-state index in [4.69, 9.17) is 23.2 Å². The fraction of sp³-hybridized carbons (Fsp3) is 0.778. The molecule has 6 heteroatoms. The summed E-state index contributed by atoms with van der Waals surface area (Å²) in [5, 5.41) is 0. The van der Waals surface area contributed by atoms with Crippen LogP contribution >= 0.6 is 23.2 Å². The van der Waals surface area contributed by atoms with E-state index < -0.39 is 16.4 Å². The summed E-state index contributed by atoms with van der Waals surface area (Å²) in [6.07, 6.45) is 0. The summed E-state index contributed by atoms with van der Waals surface area (Å²) in [6.45, 7) is 7.03. The lowest BCUT2D eigenvalue weighted by atomic mass is 10.3. The highest BCUT2D eigenvalue weighted by atomic mass is 35.5. The zero-order chi connectivity index (χ0) is 12.0. The molecule has 0 aromatic carbocycles. The van der Waals surface area contributed by atoms with Crippen LogP contribution in [0.5, 0.6) is 0 Å². The van der Waals surface area contributed by atoms with Gasteiger partial charge >= 0.3 is 11.8 Å². The largest absolute Gasteiger partial charge is 0.316 e. The van der Waals surface area contributed by atoms with E-state index in [-0.39, 0.29) is 12.1 Å². The van der Waals surface area contributed by atoms with Crippen LogP contribution in [-0.2, 0) is 9.59 Å². The third kappa shape index (κ3) is 1.81. The molecule has 86 valence electrons. The van der Waals surface area contributed by atoms with Gasteiger partial charge in [0.1, 0.15) is 0 Å². The highest BCUT2D eigenvalue weighted by Crippen LogP contribution is 2.39. The number of hydrogen-bond acceptors (Lipinski definition) is 2. The second-order valence-electron chi connectivity index (χ2n) is 4.05. The Balaban J connectivity index is 3.16. The van der Waals surface area contributed by atoms with Crippen LogP contribution in [0, 0.1) is 0 Å². The fourth-order valence-corrected chi connectivity index (χ4v) is 2.74. The fourth-order valence-electron chi connectivity index (χ4n) is 1.66. The van der Waals surface area contributed by atoms with E-state index in [9.17, 15) is 9.59 Å². The van der Waals surface area contributed by atoms with Gasteiger partial charge in [-0.1, -0.05) is 23.2 Å². The van der Waals surface area contributed by atoms with Crippen LogP contribution in [0.3, 0.4) is 0 Å². The Labute approximate surface area is 99.1 Å². The Bertz CT molecular complexity index is 274. The van der Waals surface area contributed by atoms with Crippen LogP contribution in [0.1, 0.15) is 27.7 Å². The van der Waals surface area contributed by atoms with E-state index in [0.29, 0.717) is 0 Å². The summed E-state index contributed by atoms with van der Waals surface area (Å²) in [7, 11) is 0. The van der Waals surface area contributed by atoms with E-state index in [1.54, 1.807) is 27.7 Å². The maximum absolute atomic E-state index is 11.6. The van der Waals surface area contributed by atoms with Crippen molar-refractivity contribution in [1.82, 2.24) is 9.80 Å². The van der Waals surface area contributed by atoms with Gasteiger partial charge in [-0.2, -0.15) is 0 Å². The molecule has 15 heavy (non-hydrogen) atoms. The van der Waals surface area contributed by atoms with Gasteiger partial charge in [-0.25, -0.2) is 0 Å². The second-order valence-corrected chi connectivity index (χ2v) is 5.29. The maximum Gasteiger partial charge on any atom is 0.316 e. The normalized spacial score (nSPS) is 21.1. The van der Waals surface area contributed by atoms with Crippen molar-refractivity contribution >= 4 is 35.0 Å². The number of halogens is 2. The molecule has 0 radical (unpaired) electrons. The topological polar surface area (TPSA) is 40.6 Å². The predicted molar refractivity (Wildman–Crippen MR) is 58.4 cm³/mol. The van der Waals surface area contributed by atoms with E-state index in [2.05, 4.69) is 0 Å². The van der Waals surface area contributed by atoms with Crippen molar-refractivity contribution in [3.63, 3.8) is 0 Å². The number of carbonyl (C=O) groups excluding carboxylic acids is 2. The molecule has 1 aliphatic rings. The van der Waals surface area contributed by atoms with Crippen molar-refractivity contribution in [2.24, 2.45) is 0 Å². The van der Waals surface area contributed by atoms with Gasteiger partial charge in [0, 0.05) is 12.1 Å². The summed E-state index contributed by atoms with van der Waals surface area (Å²) in [6, 6.07) is -0.444. The monoisotopic (exact) mass is 252 g/mol. The van der Waals surface area contributed by atoms with E-state index in [1.807, 2.05) is 0 Å². The number of nitrogens with zero attached hydrogens (tertiary/aromatic N) is 2. The molecular formula is C9H14Cl2N2O2. The number of carbonyl (C=O) groups is 2. The molecule has 0 aromatic heterocycles. The number of amides is 2. The first-order chi connectivity index (χ1) is 6.71. The molecule has 1 aliphatic heterocycles. The third-order valence-electron chi connectivity index (χ3n) is 2.23.